The van der Waals surface area contributed by atoms with E-state index in [9.17, 15) is 0 Å². The van der Waals surface area contributed by atoms with Crippen LogP contribution in [0.5, 0.6) is 0 Å². The molecule has 1 saturated carbocycles. The minimum absolute atomic E-state index is 0.0467. The van der Waals surface area contributed by atoms with Gasteiger partial charge in [0.05, 0.1) is 11.6 Å². The van der Waals surface area contributed by atoms with Crippen LogP contribution in [0.15, 0.2) is 35.3 Å². The van der Waals surface area contributed by atoms with Crippen molar-refractivity contribution in [2.75, 3.05) is 0 Å². The van der Waals surface area contributed by atoms with Gasteiger partial charge in [-0.05, 0) is 19.4 Å². The van der Waals surface area contributed by atoms with E-state index in [1.165, 1.54) is 0 Å². The van der Waals surface area contributed by atoms with E-state index in [0.29, 0.717) is 5.71 Å². The van der Waals surface area contributed by atoms with Crippen molar-refractivity contribution in [3.05, 3.63) is 35.9 Å². The van der Waals surface area contributed by atoms with E-state index in [-0.39, 0.29) is 12.0 Å². The summed E-state index contributed by atoms with van der Waals surface area (Å²) in [5.41, 5.74) is 1.35. The SMILES string of the molecule is CC(C)N=C1C(Cl)(Cl)C(c2ccccc2)C1(Cl)Cl. The van der Waals surface area contributed by atoms with Crippen LogP contribution in [0.1, 0.15) is 25.3 Å². The number of hydrogen-bond donors (Lipinski definition) is 0. The molecule has 0 aliphatic heterocycles. The van der Waals surface area contributed by atoms with Gasteiger partial charge < -0.3 is 0 Å². The van der Waals surface area contributed by atoms with E-state index in [1.807, 2.05) is 44.2 Å². The molecular weight excluding hydrogens is 312 g/mol. The average molecular weight is 325 g/mol. The first-order valence-corrected chi connectivity index (χ1v) is 7.18. The van der Waals surface area contributed by atoms with Crippen molar-refractivity contribution < 1.29 is 0 Å². The summed E-state index contributed by atoms with van der Waals surface area (Å²) in [6, 6.07) is 9.59. The lowest BCUT2D eigenvalue weighted by Crippen LogP contribution is -2.62. The number of rotatable bonds is 2. The van der Waals surface area contributed by atoms with Gasteiger partial charge in [-0.2, -0.15) is 0 Å². The van der Waals surface area contributed by atoms with Gasteiger partial charge in [0.1, 0.15) is 0 Å². The van der Waals surface area contributed by atoms with Crippen LogP contribution in [0.4, 0.5) is 0 Å². The third-order valence-corrected chi connectivity index (χ3v) is 4.47. The number of aliphatic imine (C=N–C) groups is 1. The van der Waals surface area contributed by atoms with Crippen LogP contribution >= 0.6 is 46.4 Å². The number of hydrogen-bond acceptors (Lipinski definition) is 1. The van der Waals surface area contributed by atoms with Crippen LogP contribution in [0, 0.1) is 0 Å². The zero-order valence-corrected chi connectivity index (χ0v) is 13.0. The van der Waals surface area contributed by atoms with Crippen molar-refractivity contribution in [3.63, 3.8) is 0 Å². The van der Waals surface area contributed by atoms with Crippen LogP contribution in [-0.2, 0) is 0 Å². The van der Waals surface area contributed by atoms with Crippen LogP contribution in [0.2, 0.25) is 0 Å². The molecule has 1 aliphatic rings. The highest BCUT2D eigenvalue weighted by Crippen LogP contribution is 2.62. The highest BCUT2D eigenvalue weighted by Gasteiger charge is 2.67. The Kier molecular flexibility index (Phi) is 3.91. The largest absolute Gasteiger partial charge is 0.285 e. The zero-order chi connectivity index (χ0) is 13.6. The predicted octanol–water partition coefficient (Wildman–Crippen LogP) is 4.98. The highest BCUT2D eigenvalue weighted by atomic mass is 35.5. The molecular formula is C13H13Cl4N. The lowest BCUT2D eigenvalue weighted by atomic mass is 9.75. The third-order valence-electron chi connectivity index (χ3n) is 2.88. The van der Waals surface area contributed by atoms with E-state index in [2.05, 4.69) is 4.99 Å². The molecule has 1 fully saturated rings. The fourth-order valence-electron chi connectivity index (χ4n) is 2.14. The van der Waals surface area contributed by atoms with Crippen LogP contribution in [0.3, 0.4) is 0 Å². The first-order chi connectivity index (χ1) is 8.28. The molecule has 0 spiro atoms. The van der Waals surface area contributed by atoms with Crippen molar-refractivity contribution in [1.29, 1.82) is 0 Å². The van der Waals surface area contributed by atoms with Crippen molar-refractivity contribution >= 4 is 52.1 Å². The second kappa shape index (κ2) is 4.86. The van der Waals surface area contributed by atoms with Crippen LogP contribution in [-0.4, -0.2) is 20.4 Å². The Morgan fingerprint density at radius 3 is 1.94 bits per heavy atom. The van der Waals surface area contributed by atoms with Gasteiger partial charge in [0.25, 0.3) is 0 Å². The number of halogens is 4. The van der Waals surface area contributed by atoms with Gasteiger partial charge in [0, 0.05) is 6.04 Å². The predicted molar refractivity (Wildman–Crippen MR) is 80.6 cm³/mol. The summed E-state index contributed by atoms with van der Waals surface area (Å²) in [6.45, 7) is 3.85. The van der Waals surface area contributed by atoms with Crippen molar-refractivity contribution in [1.82, 2.24) is 0 Å². The average Bonchev–Trinajstić information content (AvgIpc) is 2.26. The van der Waals surface area contributed by atoms with Gasteiger partial charge in [-0.1, -0.05) is 76.7 Å². The van der Waals surface area contributed by atoms with Gasteiger partial charge in [-0.25, -0.2) is 0 Å². The molecule has 5 heteroatoms. The lowest BCUT2D eigenvalue weighted by molar-refractivity contribution is 0.580. The van der Waals surface area contributed by atoms with E-state index in [4.69, 9.17) is 46.4 Å². The summed E-state index contributed by atoms with van der Waals surface area (Å²) < 4.78 is -2.29. The molecule has 2 rings (SSSR count). The standard InChI is InChI=1S/C13H13Cl4N/c1-8(2)18-11-12(14,15)10(13(11,16)17)9-6-4-3-5-7-9/h3-8,10H,1-2H3. The Labute approximate surface area is 127 Å². The zero-order valence-electron chi connectivity index (χ0n) is 10.0. The Morgan fingerprint density at radius 2 is 1.50 bits per heavy atom. The summed E-state index contributed by atoms with van der Waals surface area (Å²) in [6.07, 6.45) is 0. The summed E-state index contributed by atoms with van der Waals surface area (Å²) >= 11 is 25.5. The summed E-state index contributed by atoms with van der Waals surface area (Å²) in [7, 11) is 0. The summed E-state index contributed by atoms with van der Waals surface area (Å²) in [5, 5.41) is 0. The topological polar surface area (TPSA) is 12.4 Å². The molecule has 0 aromatic heterocycles. The van der Waals surface area contributed by atoms with Gasteiger partial charge in [0.2, 0.25) is 0 Å². The summed E-state index contributed by atoms with van der Waals surface area (Å²) in [4.78, 5) is 4.35. The molecule has 0 atom stereocenters. The second-order valence-electron chi connectivity index (χ2n) is 4.66. The molecule has 1 aliphatic carbocycles. The van der Waals surface area contributed by atoms with Crippen LogP contribution < -0.4 is 0 Å². The monoisotopic (exact) mass is 323 g/mol. The molecule has 1 aromatic rings. The quantitative estimate of drug-likeness (QED) is 0.680. The first-order valence-electron chi connectivity index (χ1n) is 5.67. The van der Waals surface area contributed by atoms with Crippen molar-refractivity contribution in [3.8, 4) is 0 Å². The molecule has 0 radical (unpaired) electrons. The Bertz CT molecular complexity index is 447. The maximum Gasteiger partial charge on any atom is 0.168 e. The maximum absolute atomic E-state index is 6.37. The Hall–Kier alpha value is 0.0500. The van der Waals surface area contributed by atoms with Crippen LogP contribution in [0.25, 0.3) is 0 Å². The van der Waals surface area contributed by atoms with E-state index >= 15 is 0 Å². The molecule has 0 unspecified atom stereocenters. The van der Waals surface area contributed by atoms with E-state index in [0.717, 1.165) is 5.56 Å². The molecule has 1 aromatic carbocycles. The Morgan fingerprint density at radius 1 is 1.00 bits per heavy atom. The molecule has 18 heavy (non-hydrogen) atoms. The minimum Gasteiger partial charge on any atom is -0.285 e. The minimum atomic E-state index is -1.14. The lowest BCUT2D eigenvalue weighted by Gasteiger charge is -2.51. The second-order valence-corrected chi connectivity index (χ2v) is 7.43. The molecule has 0 saturated heterocycles. The fraction of sp³-hybridized carbons (Fsp3) is 0.462. The summed E-state index contributed by atoms with van der Waals surface area (Å²) in [5.74, 6) is -0.379. The van der Waals surface area contributed by atoms with Gasteiger partial charge in [-0.3, -0.25) is 4.99 Å². The van der Waals surface area contributed by atoms with Gasteiger partial charge in [0.15, 0.2) is 8.67 Å². The van der Waals surface area contributed by atoms with E-state index < -0.39 is 8.67 Å². The fourth-order valence-corrected chi connectivity index (χ4v) is 4.51. The smallest absolute Gasteiger partial charge is 0.168 e. The molecule has 0 N–H and O–H groups in total. The molecule has 98 valence electrons. The van der Waals surface area contributed by atoms with Gasteiger partial charge >= 0.3 is 0 Å². The first kappa shape index (κ1) is 14.5. The van der Waals surface area contributed by atoms with Crippen molar-refractivity contribution in [2.45, 2.75) is 34.5 Å². The number of alkyl halides is 4. The molecule has 0 heterocycles. The van der Waals surface area contributed by atoms with Crippen molar-refractivity contribution in [2.24, 2.45) is 4.99 Å². The molecule has 1 nitrogen and oxygen atoms in total. The normalized spacial score (nSPS) is 24.8. The van der Waals surface area contributed by atoms with E-state index in [1.54, 1.807) is 0 Å². The Balaban J connectivity index is 2.42. The van der Waals surface area contributed by atoms with Gasteiger partial charge in [-0.15, -0.1) is 0 Å². The number of nitrogens with zero attached hydrogens (tertiary/aromatic N) is 1. The third kappa shape index (κ3) is 2.27. The number of benzene rings is 1. The molecule has 0 bridgehead atoms. The molecule has 0 amide bonds. The maximum atomic E-state index is 6.37. The highest BCUT2D eigenvalue weighted by molar-refractivity contribution is 6.75.